The van der Waals surface area contributed by atoms with Gasteiger partial charge in [-0.25, -0.2) is 0 Å². The fourth-order valence-electron chi connectivity index (χ4n) is 3.05. The molecule has 4 heteroatoms. The van der Waals surface area contributed by atoms with E-state index in [9.17, 15) is 0 Å². The van der Waals surface area contributed by atoms with Crippen molar-refractivity contribution in [2.75, 3.05) is 60.9 Å². The van der Waals surface area contributed by atoms with Gasteiger partial charge in [0.25, 0.3) is 0 Å². The van der Waals surface area contributed by atoms with Gasteiger partial charge in [-0.15, -0.1) is 0 Å². The number of hydrogen-bond donors (Lipinski definition) is 2. The average Bonchev–Trinajstić information content (AvgIpc) is 2.73. The van der Waals surface area contributed by atoms with Crippen LogP contribution < -0.4 is 10.6 Å². The first-order valence-corrected chi connectivity index (χ1v) is 11.3. The highest BCUT2D eigenvalue weighted by Gasteiger charge is 2.11. The number of unbranched alkanes of at least 4 members (excludes halogenated alkanes) is 1. The second-order valence-electron chi connectivity index (χ2n) is 8.43. The maximum Gasteiger partial charge on any atom is 0.0254 e. The van der Waals surface area contributed by atoms with E-state index in [4.69, 9.17) is 0 Å². The Morgan fingerprint density at radius 2 is 1.30 bits per heavy atom. The van der Waals surface area contributed by atoms with Gasteiger partial charge < -0.3 is 20.4 Å². The highest BCUT2D eigenvalue weighted by molar-refractivity contribution is 5.16. The van der Waals surface area contributed by atoms with Gasteiger partial charge in [-0.3, -0.25) is 0 Å². The van der Waals surface area contributed by atoms with Gasteiger partial charge in [-0.2, -0.15) is 0 Å². The summed E-state index contributed by atoms with van der Waals surface area (Å²) in [6.45, 7) is 7.56. The fraction of sp³-hybridized carbons (Fsp3) is 0.538. The summed E-state index contributed by atoms with van der Waals surface area (Å²) in [7, 11) is 8.57. The molecule has 0 heterocycles. The lowest BCUT2D eigenvalue weighted by atomic mass is 10.1. The average molecular weight is 413 g/mol. The van der Waals surface area contributed by atoms with Crippen LogP contribution in [0.15, 0.2) is 60.7 Å². The summed E-state index contributed by atoms with van der Waals surface area (Å²) in [6, 6.07) is 21.6. The molecule has 0 saturated carbocycles. The number of benzene rings is 2. The summed E-state index contributed by atoms with van der Waals surface area (Å²) in [6.07, 6.45) is 3.58. The summed E-state index contributed by atoms with van der Waals surface area (Å²) in [5.41, 5.74) is 2.74. The zero-order valence-electron chi connectivity index (χ0n) is 19.9. The van der Waals surface area contributed by atoms with Crippen LogP contribution in [0.25, 0.3) is 0 Å². The molecule has 2 N–H and O–H groups in total. The lowest BCUT2D eigenvalue weighted by Crippen LogP contribution is -2.39. The predicted octanol–water partition coefficient (Wildman–Crippen LogP) is 3.68. The van der Waals surface area contributed by atoms with Gasteiger partial charge in [0.1, 0.15) is 0 Å². The summed E-state index contributed by atoms with van der Waals surface area (Å²) in [5, 5.41) is 7.11. The van der Waals surface area contributed by atoms with E-state index >= 15 is 0 Å². The predicted molar refractivity (Wildman–Crippen MR) is 132 cm³/mol. The topological polar surface area (TPSA) is 30.5 Å². The molecular formula is C26H44N4. The maximum absolute atomic E-state index is 3.62. The first kappa shape index (κ1) is 26.3. The Morgan fingerprint density at radius 1 is 0.733 bits per heavy atom. The zero-order chi connectivity index (χ0) is 22.0. The molecule has 0 aliphatic rings. The van der Waals surface area contributed by atoms with Gasteiger partial charge in [-0.1, -0.05) is 66.2 Å². The van der Waals surface area contributed by atoms with E-state index in [1.54, 1.807) is 0 Å². The zero-order valence-corrected chi connectivity index (χ0v) is 19.9. The van der Waals surface area contributed by atoms with Gasteiger partial charge in [0.2, 0.25) is 0 Å². The number of aryl methyl sites for hydroxylation is 1. The van der Waals surface area contributed by atoms with Gasteiger partial charge in [-0.05, 0) is 73.0 Å². The minimum Gasteiger partial charge on any atom is -0.315 e. The van der Waals surface area contributed by atoms with Crippen LogP contribution in [-0.2, 0) is 6.42 Å². The molecule has 0 aromatic heterocycles. The molecule has 4 nitrogen and oxygen atoms in total. The second-order valence-corrected chi connectivity index (χ2v) is 8.43. The Kier molecular flexibility index (Phi) is 14.9. The van der Waals surface area contributed by atoms with Crippen molar-refractivity contribution in [2.45, 2.75) is 32.2 Å². The summed E-state index contributed by atoms with van der Waals surface area (Å²) >= 11 is 0. The molecule has 0 aliphatic carbocycles. The molecule has 1 atom stereocenters. The molecule has 0 aliphatic heterocycles. The molecule has 0 radical (unpaired) electrons. The van der Waals surface area contributed by atoms with Crippen molar-refractivity contribution in [2.24, 2.45) is 0 Å². The maximum atomic E-state index is 3.62. The van der Waals surface area contributed by atoms with Crippen LogP contribution in [0.2, 0.25) is 0 Å². The van der Waals surface area contributed by atoms with Crippen molar-refractivity contribution in [1.82, 2.24) is 20.4 Å². The first-order valence-electron chi connectivity index (χ1n) is 11.3. The van der Waals surface area contributed by atoms with E-state index in [1.807, 2.05) is 18.2 Å². The minimum absolute atomic E-state index is 0.551. The highest BCUT2D eigenvalue weighted by Crippen LogP contribution is 2.06. The fourth-order valence-corrected chi connectivity index (χ4v) is 3.05. The minimum atomic E-state index is 0.551. The standard InChI is InChI=1S/C19H36N4.C7H8/c1-22(2)15-14-20-12-8-9-13-21-17-19(23(3)4)16-18-10-6-5-7-11-18;1-7-5-3-2-4-6-7/h5-7,10-11,19-21H,8-9,12-17H2,1-4H3;2-6H,1H3/t19-;/m1./s1. The molecule has 0 bridgehead atoms. The Labute approximate surface area is 185 Å². The van der Waals surface area contributed by atoms with Crippen LogP contribution in [0.4, 0.5) is 0 Å². The molecule has 0 spiro atoms. The van der Waals surface area contributed by atoms with E-state index in [1.165, 1.54) is 24.0 Å². The Morgan fingerprint density at radius 3 is 1.80 bits per heavy atom. The van der Waals surface area contributed by atoms with E-state index < -0.39 is 0 Å². The van der Waals surface area contributed by atoms with Gasteiger partial charge in [0.05, 0.1) is 0 Å². The third-order valence-corrected chi connectivity index (χ3v) is 5.06. The van der Waals surface area contributed by atoms with Gasteiger partial charge >= 0.3 is 0 Å². The van der Waals surface area contributed by atoms with Gasteiger partial charge in [0.15, 0.2) is 0 Å². The SMILES string of the molecule is CN(C)CCNCCCCNC[C@@H](Cc1ccccc1)N(C)C.Cc1ccccc1. The molecule has 0 fully saturated rings. The third-order valence-electron chi connectivity index (χ3n) is 5.06. The van der Waals surface area contributed by atoms with E-state index in [0.29, 0.717) is 6.04 Å². The number of rotatable bonds is 13. The molecule has 0 saturated heterocycles. The smallest absolute Gasteiger partial charge is 0.0254 e. The molecule has 168 valence electrons. The molecule has 0 amide bonds. The van der Waals surface area contributed by atoms with Crippen LogP contribution in [0.1, 0.15) is 24.0 Å². The molecular weight excluding hydrogens is 368 g/mol. The van der Waals surface area contributed by atoms with Crippen LogP contribution in [0, 0.1) is 6.92 Å². The Balaban J connectivity index is 0.000000539. The Bertz CT molecular complexity index is 613. The van der Waals surface area contributed by atoms with Crippen LogP contribution >= 0.6 is 0 Å². The number of hydrogen-bond acceptors (Lipinski definition) is 4. The van der Waals surface area contributed by atoms with Gasteiger partial charge in [0, 0.05) is 25.7 Å². The number of likely N-dealkylation sites (N-methyl/N-ethyl adjacent to an activating group) is 2. The van der Waals surface area contributed by atoms with Crippen molar-refractivity contribution in [3.8, 4) is 0 Å². The van der Waals surface area contributed by atoms with E-state index in [-0.39, 0.29) is 0 Å². The number of nitrogens with zero attached hydrogens (tertiary/aromatic N) is 2. The molecule has 2 aromatic rings. The molecule has 0 unspecified atom stereocenters. The normalized spacial score (nSPS) is 12.0. The largest absolute Gasteiger partial charge is 0.315 e. The first-order chi connectivity index (χ1) is 14.5. The van der Waals surface area contributed by atoms with Crippen molar-refractivity contribution in [3.63, 3.8) is 0 Å². The quantitative estimate of drug-likeness (QED) is 0.492. The van der Waals surface area contributed by atoms with E-state index in [0.717, 1.165) is 39.1 Å². The van der Waals surface area contributed by atoms with Crippen LogP contribution in [-0.4, -0.2) is 76.8 Å². The van der Waals surface area contributed by atoms with Crippen molar-refractivity contribution < 1.29 is 0 Å². The highest BCUT2D eigenvalue weighted by atomic mass is 15.1. The molecule has 2 aromatic carbocycles. The Hall–Kier alpha value is -1.72. The second kappa shape index (κ2) is 17.0. The molecule has 2 rings (SSSR count). The molecule has 30 heavy (non-hydrogen) atoms. The summed E-state index contributed by atoms with van der Waals surface area (Å²) in [5.74, 6) is 0. The van der Waals surface area contributed by atoms with Crippen LogP contribution in [0.3, 0.4) is 0 Å². The lowest BCUT2D eigenvalue weighted by molar-refractivity contribution is 0.281. The number of nitrogens with one attached hydrogen (secondary N) is 2. The third kappa shape index (κ3) is 14.3. The van der Waals surface area contributed by atoms with Crippen molar-refractivity contribution in [1.29, 1.82) is 0 Å². The summed E-state index contributed by atoms with van der Waals surface area (Å²) in [4.78, 5) is 4.53. The summed E-state index contributed by atoms with van der Waals surface area (Å²) < 4.78 is 0. The van der Waals surface area contributed by atoms with Crippen molar-refractivity contribution in [3.05, 3.63) is 71.8 Å². The van der Waals surface area contributed by atoms with E-state index in [2.05, 4.69) is 98.0 Å². The van der Waals surface area contributed by atoms with Crippen LogP contribution in [0.5, 0.6) is 0 Å². The monoisotopic (exact) mass is 412 g/mol. The van der Waals surface area contributed by atoms with Crippen molar-refractivity contribution >= 4 is 0 Å². The lowest BCUT2D eigenvalue weighted by Gasteiger charge is -2.25.